The molecule has 1 aliphatic rings. The van der Waals surface area contributed by atoms with Crippen LogP contribution in [0.3, 0.4) is 0 Å². The smallest absolute Gasteiger partial charge is 0.271 e. The Balaban J connectivity index is 0.00000208. The number of nitrogens with one attached hydrogen (secondary N) is 2. The Bertz CT molecular complexity index is 757. The number of halogens is 2. The number of nitrogens with zero attached hydrogens (tertiary/aromatic N) is 2. The first kappa shape index (κ1) is 18.1. The topological polar surface area (TPSA) is 76.0 Å². The van der Waals surface area contributed by atoms with Crippen molar-refractivity contribution in [2.45, 2.75) is 18.9 Å². The second-order valence-electron chi connectivity index (χ2n) is 5.45. The van der Waals surface area contributed by atoms with Gasteiger partial charge in [0.2, 0.25) is 0 Å². The van der Waals surface area contributed by atoms with Crippen molar-refractivity contribution in [3.63, 3.8) is 0 Å². The third-order valence-electron chi connectivity index (χ3n) is 3.78. The molecule has 3 rings (SSSR count). The molecule has 2 N–H and O–H groups in total. The van der Waals surface area contributed by atoms with E-state index in [1.54, 1.807) is 0 Å². The zero-order chi connectivity index (χ0) is 16.2. The molecule has 1 unspecified atom stereocenters. The summed E-state index contributed by atoms with van der Waals surface area (Å²) in [7, 11) is 0. The molecule has 1 amide bonds. The highest BCUT2D eigenvalue weighted by molar-refractivity contribution is 5.92. The lowest BCUT2D eigenvalue weighted by Crippen LogP contribution is -2.38. The van der Waals surface area contributed by atoms with Crippen LogP contribution >= 0.6 is 12.4 Å². The minimum absolute atomic E-state index is 0. The molecule has 24 heavy (non-hydrogen) atoms. The summed E-state index contributed by atoms with van der Waals surface area (Å²) in [5, 5.41) is 10.2. The lowest BCUT2D eigenvalue weighted by atomic mass is 10.2. The Kier molecular flexibility index (Phi) is 6.05. The van der Waals surface area contributed by atoms with Gasteiger partial charge in [0.25, 0.3) is 11.5 Å². The number of hydrogen-bond acceptors (Lipinski definition) is 4. The Hall–Kier alpha value is -2.25. The minimum atomic E-state index is -0.403. The number of aromatic nitrogens is 2. The summed E-state index contributed by atoms with van der Waals surface area (Å²) in [6.07, 6.45) is 2.14. The van der Waals surface area contributed by atoms with Crippen LogP contribution in [0.1, 0.15) is 23.3 Å². The van der Waals surface area contributed by atoms with Gasteiger partial charge in [-0.1, -0.05) is 0 Å². The minimum Gasteiger partial charge on any atom is -0.349 e. The Morgan fingerprint density at radius 3 is 2.71 bits per heavy atom. The first-order valence-electron chi connectivity index (χ1n) is 7.51. The molecule has 1 aromatic heterocycles. The quantitative estimate of drug-likeness (QED) is 0.869. The average molecular weight is 353 g/mol. The van der Waals surface area contributed by atoms with Crippen molar-refractivity contribution in [2.75, 3.05) is 13.1 Å². The van der Waals surface area contributed by atoms with Crippen LogP contribution in [0.5, 0.6) is 0 Å². The summed E-state index contributed by atoms with van der Waals surface area (Å²) < 4.78 is 14.1. The second kappa shape index (κ2) is 8.03. The molecule has 2 heterocycles. The highest BCUT2D eigenvalue weighted by atomic mass is 35.5. The van der Waals surface area contributed by atoms with Crippen LogP contribution in [0.15, 0.2) is 41.2 Å². The van der Waals surface area contributed by atoms with Crippen molar-refractivity contribution in [1.82, 2.24) is 20.4 Å². The second-order valence-corrected chi connectivity index (χ2v) is 5.45. The van der Waals surface area contributed by atoms with Crippen molar-refractivity contribution in [2.24, 2.45) is 0 Å². The van der Waals surface area contributed by atoms with Gasteiger partial charge in [-0.15, -0.1) is 12.4 Å². The molecule has 1 aromatic carbocycles. The molecule has 0 spiro atoms. The van der Waals surface area contributed by atoms with E-state index in [0.717, 1.165) is 24.1 Å². The summed E-state index contributed by atoms with van der Waals surface area (Å²) >= 11 is 0. The lowest BCUT2D eigenvalue weighted by Gasteiger charge is -2.11. The van der Waals surface area contributed by atoms with Crippen LogP contribution in [0, 0.1) is 5.82 Å². The fourth-order valence-electron chi connectivity index (χ4n) is 2.54. The number of hydrogen-bond donors (Lipinski definition) is 2. The Morgan fingerprint density at radius 2 is 2.04 bits per heavy atom. The van der Waals surface area contributed by atoms with Gasteiger partial charge in [0.15, 0.2) is 0 Å². The average Bonchev–Trinajstić information content (AvgIpc) is 3.07. The van der Waals surface area contributed by atoms with Crippen LogP contribution in [-0.4, -0.2) is 34.8 Å². The number of benzene rings is 1. The molecule has 8 heteroatoms. The maximum absolute atomic E-state index is 13.0. The molecule has 1 atom stereocenters. The highest BCUT2D eigenvalue weighted by Crippen LogP contribution is 2.06. The van der Waals surface area contributed by atoms with Gasteiger partial charge in [-0.3, -0.25) is 9.59 Å². The van der Waals surface area contributed by atoms with E-state index in [0.29, 0.717) is 12.2 Å². The molecule has 6 nitrogen and oxygen atoms in total. The van der Waals surface area contributed by atoms with Gasteiger partial charge in [-0.25, -0.2) is 4.39 Å². The summed E-state index contributed by atoms with van der Waals surface area (Å²) in [5.41, 5.74) is 0.168. The fraction of sp³-hybridized carbons (Fsp3) is 0.312. The number of amides is 1. The first-order chi connectivity index (χ1) is 11.1. The molecule has 1 fully saturated rings. The van der Waals surface area contributed by atoms with Gasteiger partial charge < -0.3 is 10.6 Å². The van der Waals surface area contributed by atoms with E-state index < -0.39 is 5.82 Å². The third-order valence-corrected chi connectivity index (χ3v) is 3.78. The van der Waals surface area contributed by atoms with Crippen LogP contribution < -0.4 is 16.2 Å². The van der Waals surface area contributed by atoms with E-state index in [4.69, 9.17) is 0 Å². The summed E-state index contributed by atoms with van der Waals surface area (Å²) in [5.74, 6) is -0.741. The van der Waals surface area contributed by atoms with E-state index in [2.05, 4.69) is 15.7 Å². The molecular formula is C16H18ClFN4O2. The predicted octanol–water partition coefficient (Wildman–Crippen LogP) is 1.28. The third kappa shape index (κ3) is 4.18. The molecule has 0 radical (unpaired) electrons. The normalized spacial score (nSPS) is 16.5. The van der Waals surface area contributed by atoms with Crippen LogP contribution in [0.2, 0.25) is 0 Å². The molecule has 0 aliphatic carbocycles. The van der Waals surface area contributed by atoms with E-state index in [1.165, 1.54) is 36.4 Å². The van der Waals surface area contributed by atoms with Crippen molar-refractivity contribution < 1.29 is 9.18 Å². The maximum atomic E-state index is 13.0. The van der Waals surface area contributed by atoms with Crippen molar-refractivity contribution in [1.29, 1.82) is 0 Å². The van der Waals surface area contributed by atoms with Crippen molar-refractivity contribution in [3.8, 4) is 5.69 Å². The maximum Gasteiger partial charge on any atom is 0.271 e. The van der Waals surface area contributed by atoms with Crippen LogP contribution in [0.4, 0.5) is 4.39 Å². The molecule has 1 saturated heterocycles. The van der Waals surface area contributed by atoms with E-state index >= 15 is 0 Å². The van der Waals surface area contributed by atoms with Gasteiger partial charge in [-0.2, -0.15) is 9.78 Å². The van der Waals surface area contributed by atoms with Crippen molar-refractivity contribution in [3.05, 3.63) is 58.3 Å². The number of rotatable bonds is 4. The van der Waals surface area contributed by atoms with Crippen molar-refractivity contribution >= 4 is 18.3 Å². The summed E-state index contributed by atoms with van der Waals surface area (Å²) in [4.78, 5) is 24.1. The van der Waals surface area contributed by atoms with Crippen LogP contribution in [-0.2, 0) is 0 Å². The van der Waals surface area contributed by atoms with Gasteiger partial charge in [0, 0.05) is 18.7 Å². The summed E-state index contributed by atoms with van der Waals surface area (Å²) in [6, 6.07) is 8.30. The molecule has 0 saturated carbocycles. The van der Waals surface area contributed by atoms with Gasteiger partial charge >= 0.3 is 0 Å². The lowest BCUT2D eigenvalue weighted by molar-refractivity contribution is 0.0943. The largest absolute Gasteiger partial charge is 0.349 e. The molecule has 128 valence electrons. The zero-order valence-electron chi connectivity index (χ0n) is 12.9. The number of carbonyl (C=O) groups is 1. The predicted molar refractivity (Wildman–Crippen MR) is 90.4 cm³/mol. The van der Waals surface area contributed by atoms with E-state index in [-0.39, 0.29) is 35.6 Å². The van der Waals surface area contributed by atoms with E-state index in [1.807, 2.05) is 0 Å². The van der Waals surface area contributed by atoms with Crippen LogP contribution in [0.25, 0.3) is 5.69 Å². The fourth-order valence-corrected chi connectivity index (χ4v) is 2.54. The molecular weight excluding hydrogens is 335 g/mol. The van der Waals surface area contributed by atoms with Gasteiger partial charge in [0.05, 0.1) is 5.69 Å². The molecule has 0 bridgehead atoms. The van der Waals surface area contributed by atoms with Gasteiger partial charge in [-0.05, 0) is 49.7 Å². The van der Waals surface area contributed by atoms with Gasteiger partial charge in [0.1, 0.15) is 11.5 Å². The monoisotopic (exact) mass is 352 g/mol. The number of carbonyl (C=O) groups excluding carboxylic acids is 1. The Labute approximate surface area is 144 Å². The highest BCUT2D eigenvalue weighted by Gasteiger charge is 2.16. The summed E-state index contributed by atoms with van der Waals surface area (Å²) in [6.45, 7) is 1.49. The Morgan fingerprint density at radius 1 is 1.29 bits per heavy atom. The first-order valence-corrected chi connectivity index (χ1v) is 7.51. The zero-order valence-corrected chi connectivity index (χ0v) is 13.7. The molecule has 2 aromatic rings. The molecule has 1 aliphatic heterocycles. The SMILES string of the molecule is Cl.O=C(NCC1CCCN1)c1ccc(=O)n(-c2ccc(F)cc2)n1. The standard InChI is InChI=1S/C16H17FN4O2.ClH/c17-11-3-5-13(6-4-11)21-15(22)8-7-14(20-21)16(23)19-10-12-2-1-9-18-12;/h3-8,12,18H,1-2,9-10H2,(H,19,23);1H. The van der Waals surface area contributed by atoms with E-state index in [9.17, 15) is 14.0 Å².